The van der Waals surface area contributed by atoms with E-state index in [1.807, 2.05) is 0 Å². The molecule has 1 aliphatic rings. The molecule has 0 saturated carbocycles. The summed E-state index contributed by atoms with van der Waals surface area (Å²) >= 11 is 0. The lowest BCUT2D eigenvalue weighted by molar-refractivity contribution is 0.0941. The number of ether oxygens (including phenoxy) is 4. The summed E-state index contributed by atoms with van der Waals surface area (Å²) < 4.78 is 19.7. The normalized spacial score (nSPS) is 11.6. The minimum atomic E-state index is -1.17. The Labute approximate surface area is 171 Å². The van der Waals surface area contributed by atoms with Crippen molar-refractivity contribution in [3.63, 3.8) is 0 Å². The number of ketones is 2. The number of hydrogen-bond donors (Lipinski definition) is 0. The van der Waals surface area contributed by atoms with Gasteiger partial charge >= 0.3 is 12.3 Å². The molecule has 152 valence electrons. The van der Waals surface area contributed by atoms with E-state index in [2.05, 4.69) is 13.2 Å². The molecule has 0 bridgehead atoms. The van der Waals surface area contributed by atoms with Crippen LogP contribution < -0.4 is 9.47 Å². The van der Waals surface area contributed by atoms with Crippen LogP contribution >= 0.6 is 0 Å². The Balaban J connectivity index is 2.09. The second-order valence-electron chi connectivity index (χ2n) is 5.92. The first-order chi connectivity index (χ1) is 14.5. The van der Waals surface area contributed by atoms with Crippen LogP contribution in [-0.2, 0) is 9.47 Å². The smallest absolute Gasteiger partial charge is 0.430 e. The van der Waals surface area contributed by atoms with Gasteiger partial charge in [0.05, 0.1) is 5.56 Å². The molecular formula is C22H16O8. The summed E-state index contributed by atoms with van der Waals surface area (Å²) in [5.41, 5.74) is 0.125. The van der Waals surface area contributed by atoms with Gasteiger partial charge in [-0.1, -0.05) is 49.6 Å². The molecule has 0 aliphatic heterocycles. The SMILES string of the molecule is C=CCOC(=O)Oc1ccc2c(c1OC(=O)OCC=C)C(=O)c1ccccc1C2=O. The average molecular weight is 408 g/mol. The van der Waals surface area contributed by atoms with Crippen molar-refractivity contribution in [2.45, 2.75) is 0 Å². The number of rotatable bonds is 6. The van der Waals surface area contributed by atoms with Crippen LogP contribution in [0.4, 0.5) is 9.59 Å². The highest BCUT2D eigenvalue weighted by Crippen LogP contribution is 2.40. The molecule has 2 aromatic carbocycles. The van der Waals surface area contributed by atoms with Crippen molar-refractivity contribution in [3.8, 4) is 11.5 Å². The van der Waals surface area contributed by atoms with Gasteiger partial charge in [0.1, 0.15) is 13.2 Å². The Morgan fingerprint density at radius 1 is 0.767 bits per heavy atom. The molecule has 8 heteroatoms. The van der Waals surface area contributed by atoms with Crippen LogP contribution in [0.2, 0.25) is 0 Å². The predicted molar refractivity (Wildman–Crippen MR) is 104 cm³/mol. The van der Waals surface area contributed by atoms with Crippen molar-refractivity contribution in [1.82, 2.24) is 0 Å². The van der Waals surface area contributed by atoms with E-state index in [0.717, 1.165) is 0 Å². The standard InChI is InChI=1S/C22H16O8/c1-3-11-27-21(25)29-16-10-9-15-17(20(16)30-22(26)28-12-4-2)19(24)14-8-6-5-7-13(14)18(15)23/h3-10H,1-2,11-12H2. The summed E-state index contributed by atoms with van der Waals surface area (Å²) in [6.07, 6.45) is 0.356. The fourth-order valence-corrected chi connectivity index (χ4v) is 2.80. The molecule has 0 saturated heterocycles. The average Bonchev–Trinajstić information content (AvgIpc) is 2.75. The van der Waals surface area contributed by atoms with Crippen molar-refractivity contribution >= 4 is 23.9 Å². The summed E-state index contributed by atoms with van der Waals surface area (Å²) in [5.74, 6) is -1.73. The number of carbonyl (C=O) groups excluding carboxylic acids is 4. The number of fused-ring (bicyclic) bond motifs is 2. The monoisotopic (exact) mass is 408 g/mol. The Morgan fingerprint density at radius 2 is 1.33 bits per heavy atom. The third kappa shape index (κ3) is 3.97. The second-order valence-corrected chi connectivity index (χ2v) is 5.92. The second kappa shape index (κ2) is 8.87. The van der Waals surface area contributed by atoms with Gasteiger partial charge in [-0.25, -0.2) is 9.59 Å². The van der Waals surface area contributed by atoms with Crippen molar-refractivity contribution in [1.29, 1.82) is 0 Å². The molecule has 0 aromatic heterocycles. The van der Waals surface area contributed by atoms with Crippen LogP contribution in [0, 0.1) is 0 Å². The summed E-state index contributed by atoms with van der Waals surface area (Å²) in [6, 6.07) is 8.76. The highest BCUT2D eigenvalue weighted by molar-refractivity contribution is 6.29. The lowest BCUT2D eigenvalue weighted by Gasteiger charge is -2.21. The zero-order valence-corrected chi connectivity index (χ0v) is 15.7. The zero-order valence-electron chi connectivity index (χ0n) is 15.7. The van der Waals surface area contributed by atoms with Crippen molar-refractivity contribution in [3.05, 3.63) is 84.0 Å². The van der Waals surface area contributed by atoms with E-state index in [4.69, 9.17) is 18.9 Å². The van der Waals surface area contributed by atoms with Gasteiger partial charge in [-0.05, 0) is 12.1 Å². The first-order valence-electron chi connectivity index (χ1n) is 8.74. The Kier molecular flexibility index (Phi) is 6.07. The molecule has 0 radical (unpaired) electrons. The summed E-state index contributed by atoms with van der Waals surface area (Å²) in [7, 11) is 0. The van der Waals surface area contributed by atoms with Crippen LogP contribution in [0.3, 0.4) is 0 Å². The Morgan fingerprint density at radius 3 is 1.93 bits per heavy atom. The fraction of sp³-hybridized carbons (Fsp3) is 0.0909. The Hall–Kier alpha value is -4.20. The van der Waals surface area contributed by atoms with Crippen LogP contribution in [-0.4, -0.2) is 37.1 Å². The van der Waals surface area contributed by atoms with E-state index in [9.17, 15) is 19.2 Å². The predicted octanol–water partition coefficient (Wildman–Crippen LogP) is 3.86. The molecule has 1 aliphatic carbocycles. The summed E-state index contributed by atoms with van der Waals surface area (Å²) in [5, 5.41) is 0. The quantitative estimate of drug-likeness (QED) is 0.344. The molecule has 0 fully saturated rings. The molecule has 2 aromatic rings. The Bertz CT molecular complexity index is 1070. The van der Waals surface area contributed by atoms with E-state index in [0.29, 0.717) is 0 Å². The molecular weight excluding hydrogens is 392 g/mol. The molecule has 3 rings (SSSR count). The van der Waals surface area contributed by atoms with E-state index in [-0.39, 0.29) is 41.2 Å². The molecule has 0 heterocycles. The van der Waals surface area contributed by atoms with Gasteiger partial charge in [0.25, 0.3) is 0 Å². The van der Waals surface area contributed by atoms with Crippen molar-refractivity contribution in [2.24, 2.45) is 0 Å². The topological polar surface area (TPSA) is 105 Å². The van der Waals surface area contributed by atoms with E-state index in [1.165, 1.54) is 36.4 Å². The molecule has 0 N–H and O–H groups in total. The third-order valence-corrected chi connectivity index (χ3v) is 4.03. The fourth-order valence-electron chi connectivity index (χ4n) is 2.80. The van der Waals surface area contributed by atoms with E-state index < -0.39 is 29.6 Å². The molecule has 0 spiro atoms. The van der Waals surface area contributed by atoms with Crippen LogP contribution in [0.15, 0.2) is 61.7 Å². The van der Waals surface area contributed by atoms with Gasteiger partial charge in [0.2, 0.25) is 0 Å². The van der Waals surface area contributed by atoms with Gasteiger partial charge in [0.15, 0.2) is 23.1 Å². The molecule has 8 nitrogen and oxygen atoms in total. The van der Waals surface area contributed by atoms with Crippen molar-refractivity contribution in [2.75, 3.05) is 13.2 Å². The lowest BCUT2D eigenvalue weighted by Crippen LogP contribution is -2.24. The summed E-state index contributed by atoms with van der Waals surface area (Å²) in [4.78, 5) is 49.8. The summed E-state index contributed by atoms with van der Waals surface area (Å²) in [6.45, 7) is 6.56. The van der Waals surface area contributed by atoms with Gasteiger partial charge in [-0.3, -0.25) is 9.59 Å². The minimum Gasteiger partial charge on any atom is -0.430 e. The minimum absolute atomic E-state index is 0.00275. The number of benzene rings is 2. The van der Waals surface area contributed by atoms with Crippen molar-refractivity contribution < 1.29 is 38.1 Å². The van der Waals surface area contributed by atoms with Gasteiger partial charge in [-0.2, -0.15) is 0 Å². The van der Waals surface area contributed by atoms with Gasteiger partial charge < -0.3 is 18.9 Å². The zero-order chi connectivity index (χ0) is 21.7. The lowest BCUT2D eigenvalue weighted by atomic mass is 9.83. The highest BCUT2D eigenvalue weighted by Gasteiger charge is 2.35. The maximum Gasteiger partial charge on any atom is 0.514 e. The van der Waals surface area contributed by atoms with E-state index >= 15 is 0 Å². The van der Waals surface area contributed by atoms with Crippen LogP contribution in [0.5, 0.6) is 11.5 Å². The largest absolute Gasteiger partial charge is 0.514 e. The number of carbonyl (C=O) groups is 4. The first kappa shape index (κ1) is 20.5. The molecule has 0 atom stereocenters. The first-order valence-corrected chi connectivity index (χ1v) is 8.74. The van der Waals surface area contributed by atoms with Gasteiger partial charge in [0, 0.05) is 16.7 Å². The molecule has 30 heavy (non-hydrogen) atoms. The third-order valence-electron chi connectivity index (χ3n) is 4.03. The maximum atomic E-state index is 13.1. The number of hydrogen-bond acceptors (Lipinski definition) is 8. The van der Waals surface area contributed by atoms with Crippen LogP contribution in [0.1, 0.15) is 31.8 Å². The van der Waals surface area contributed by atoms with Crippen LogP contribution in [0.25, 0.3) is 0 Å². The van der Waals surface area contributed by atoms with E-state index in [1.54, 1.807) is 12.1 Å². The molecule has 0 amide bonds. The maximum absolute atomic E-state index is 13.1. The van der Waals surface area contributed by atoms with Gasteiger partial charge in [-0.15, -0.1) is 0 Å². The molecule has 0 unspecified atom stereocenters. The highest BCUT2D eigenvalue weighted by atomic mass is 16.7.